The van der Waals surface area contributed by atoms with Crippen molar-refractivity contribution in [3.05, 3.63) is 53.6 Å². The summed E-state index contributed by atoms with van der Waals surface area (Å²) in [6.45, 7) is 4.02. The summed E-state index contributed by atoms with van der Waals surface area (Å²) in [5.74, 6) is 0.747. The Morgan fingerprint density at radius 3 is 2.65 bits per heavy atom. The molecule has 0 aliphatic carbocycles. The van der Waals surface area contributed by atoms with Crippen LogP contribution in [-0.2, 0) is 4.79 Å². The van der Waals surface area contributed by atoms with Gasteiger partial charge in [-0.1, -0.05) is 36.0 Å². The predicted molar refractivity (Wildman–Crippen MR) is 101 cm³/mol. The fourth-order valence-corrected chi connectivity index (χ4v) is 3.25. The highest BCUT2D eigenvalue weighted by Gasteiger charge is 2.15. The second-order valence-corrected chi connectivity index (χ2v) is 6.62. The Labute approximate surface area is 155 Å². The SMILES string of the molecule is COc1cccc(NC(=O)CSc2nnnn2-c2c(C)cccc2C)c1. The molecule has 1 amide bonds. The summed E-state index contributed by atoms with van der Waals surface area (Å²) in [6.07, 6.45) is 0. The van der Waals surface area contributed by atoms with Crippen LogP contribution in [0.5, 0.6) is 5.75 Å². The summed E-state index contributed by atoms with van der Waals surface area (Å²) < 4.78 is 6.83. The zero-order chi connectivity index (χ0) is 18.5. The molecule has 7 nitrogen and oxygen atoms in total. The average Bonchev–Trinajstić information content (AvgIpc) is 3.08. The number of carbonyl (C=O) groups is 1. The van der Waals surface area contributed by atoms with Crippen LogP contribution in [0.25, 0.3) is 5.69 Å². The van der Waals surface area contributed by atoms with Gasteiger partial charge in [0, 0.05) is 11.8 Å². The maximum atomic E-state index is 12.2. The number of anilines is 1. The number of nitrogens with one attached hydrogen (secondary N) is 1. The molecule has 0 aliphatic heterocycles. The smallest absolute Gasteiger partial charge is 0.234 e. The van der Waals surface area contributed by atoms with Crippen molar-refractivity contribution in [2.75, 3.05) is 18.2 Å². The summed E-state index contributed by atoms with van der Waals surface area (Å²) in [6, 6.07) is 13.2. The van der Waals surface area contributed by atoms with E-state index in [1.807, 2.05) is 50.2 Å². The summed E-state index contributed by atoms with van der Waals surface area (Å²) in [7, 11) is 1.59. The van der Waals surface area contributed by atoms with Crippen LogP contribution in [0.4, 0.5) is 5.69 Å². The minimum absolute atomic E-state index is 0.140. The van der Waals surface area contributed by atoms with Crippen molar-refractivity contribution in [3.63, 3.8) is 0 Å². The molecule has 0 aliphatic rings. The number of amides is 1. The van der Waals surface area contributed by atoms with E-state index in [-0.39, 0.29) is 11.7 Å². The zero-order valence-corrected chi connectivity index (χ0v) is 15.6. The van der Waals surface area contributed by atoms with Gasteiger partial charge in [-0.25, -0.2) is 0 Å². The third-order valence-corrected chi connectivity index (χ3v) is 4.70. The molecule has 0 bridgehead atoms. The van der Waals surface area contributed by atoms with E-state index in [0.717, 1.165) is 16.8 Å². The van der Waals surface area contributed by atoms with E-state index in [4.69, 9.17) is 4.74 Å². The second kappa shape index (κ2) is 8.01. The molecule has 3 aromatic rings. The lowest BCUT2D eigenvalue weighted by atomic mass is 10.1. The quantitative estimate of drug-likeness (QED) is 0.673. The summed E-state index contributed by atoms with van der Waals surface area (Å²) in [4.78, 5) is 12.2. The fourth-order valence-electron chi connectivity index (χ4n) is 2.58. The molecule has 0 saturated carbocycles. The number of thioether (sulfide) groups is 1. The first kappa shape index (κ1) is 17.9. The highest BCUT2D eigenvalue weighted by Crippen LogP contribution is 2.24. The van der Waals surface area contributed by atoms with E-state index in [9.17, 15) is 4.79 Å². The number of para-hydroxylation sites is 1. The van der Waals surface area contributed by atoms with E-state index in [2.05, 4.69) is 20.8 Å². The van der Waals surface area contributed by atoms with Crippen molar-refractivity contribution in [3.8, 4) is 11.4 Å². The first-order valence-corrected chi connectivity index (χ1v) is 8.98. The lowest BCUT2D eigenvalue weighted by Crippen LogP contribution is -2.14. The molecule has 134 valence electrons. The van der Waals surface area contributed by atoms with E-state index in [0.29, 0.717) is 16.6 Å². The Hall–Kier alpha value is -2.87. The lowest BCUT2D eigenvalue weighted by Gasteiger charge is -2.10. The monoisotopic (exact) mass is 369 g/mol. The molecule has 0 unspecified atom stereocenters. The van der Waals surface area contributed by atoms with Gasteiger partial charge in [-0.2, -0.15) is 4.68 Å². The Morgan fingerprint density at radius 1 is 1.19 bits per heavy atom. The van der Waals surface area contributed by atoms with Crippen LogP contribution < -0.4 is 10.1 Å². The van der Waals surface area contributed by atoms with Crippen molar-refractivity contribution in [2.45, 2.75) is 19.0 Å². The van der Waals surface area contributed by atoms with Gasteiger partial charge in [0.25, 0.3) is 0 Å². The number of hydrogen-bond acceptors (Lipinski definition) is 6. The van der Waals surface area contributed by atoms with Gasteiger partial charge < -0.3 is 10.1 Å². The van der Waals surface area contributed by atoms with Crippen LogP contribution in [0.15, 0.2) is 47.6 Å². The van der Waals surface area contributed by atoms with Crippen molar-refractivity contribution >= 4 is 23.4 Å². The van der Waals surface area contributed by atoms with Gasteiger partial charge in [0.2, 0.25) is 11.1 Å². The third-order valence-electron chi connectivity index (χ3n) is 3.78. The second-order valence-electron chi connectivity index (χ2n) is 5.68. The van der Waals surface area contributed by atoms with Gasteiger partial charge >= 0.3 is 0 Å². The number of benzene rings is 2. The highest BCUT2D eigenvalue weighted by molar-refractivity contribution is 7.99. The molecule has 3 rings (SSSR count). The number of aryl methyl sites for hydroxylation is 2. The Kier molecular flexibility index (Phi) is 5.52. The van der Waals surface area contributed by atoms with Crippen molar-refractivity contribution in [1.29, 1.82) is 0 Å². The molecule has 1 N–H and O–H groups in total. The zero-order valence-electron chi connectivity index (χ0n) is 14.8. The fraction of sp³-hybridized carbons (Fsp3) is 0.222. The maximum Gasteiger partial charge on any atom is 0.234 e. The van der Waals surface area contributed by atoms with Crippen LogP contribution in [0, 0.1) is 13.8 Å². The normalized spacial score (nSPS) is 10.6. The number of rotatable bonds is 6. The number of aromatic nitrogens is 4. The molecule has 0 radical (unpaired) electrons. The lowest BCUT2D eigenvalue weighted by molar-refractivity contribution is -0.113. The largest absolute Gasteiger partial charge is 0.497 e. The summed E-state index contributed by atoms with van der Waals surface area (Å²) >= 11 is 1.29. The van der Waals surface area contributed by atoms with Crippen molar-refractivity contribution in [2.24, 2.45) is 0 Å². The number of tetrazole rings is 1. The van der Waals surface area contributed by atoms with Gasteiger partial charge in [-0.05, 0) is 47.5 Å². The summed E-state index contributed by atoms with van der Waals surface area (Å²) in [5, 5.41) is 15.3. The topological polar surface area (TPSA) is 81.9 Å². The molecule has 26 heavy (non-hydrogen) atoms. The van der Waals surface area contributed by atoms with Gasteiger partial charge in [0.15, 0.2) is 0 Å². The molecule has 2 aromatic carbocycles. The Bertz CT molecular complexity index is 905. The molecule has 0 atom stereocenters. The molecule has 8 heteroatoms. The number of methoxy groups -OCH3 is 1. The van der Waals surface area contributed by atoms with E-state index in [1.165, 1.54) is 11.8 Å². The minimum Gasteiger partial charge on any atom is -0.497 e. The van der Waals surface area contributed by atoms with Crippen LogP contribution in [0.1, 0.15) is 11.1 Å². The molecule has 1 aromatic heterocycles. The predicted octanol–water partition coefficient (Wildman–Crippen LogP) is 3.02. The molecular weight excluding hydrogens is 350 g/mol. The summed E-state index contributed by atoms with van der Waals surface area (Å²) in [5.41, 5.74) is 3.76. The molecule has 0 saturated heterocycles. The van der Waals surface area contributed by atoms with E-state index >= 15 is 0 Å². The van der Waals surface area contributed by atoms with Crippen molar-refractivity contribution < 1.29 is 9.53 Å². The van der Waals surface area contributed by atoms with Crippen LogP contribution in [0.2, 0.25) is 0 Å². The first-order chi connectivity index (χ1) is 12.6. The Morgan fingerprint density at radius 2 is 1.92 bits per heavy atom. The number of carbonyl (C=O) groups excluding carboxylic acids is 1. The molecular formula is C18H19N5O2S. The van der Waals surface area contributed by atoms with Gasteiger partial charge in [-0.3, -0.25) is 4.79 Å². The first-order valence-electron chi connectivity index (χ1n) is 8.00. The van der Waals surface area contributed by atoms with Crippen molar-refractivity contribution in [1.82, 2.24) is 20.2 Å². The molecule has 0 fully saturated rings. The number of nitrogens with zero attached hydrogens (tertiary/aromatic N) is 4. The third kappa shape index (κ3) is 4.02. The van der Waals surface area contributed by atoms with Gasteiger partial charge in [-0.15, -0.1) is 5.10 Å². The maximum absolute atomic E-state index is 12.2. The molecule has 0 spiro atoms. The molecule has 1 heterocycles. The standard InChI is InChI=1S/C18H19N5O2S/c1-12-6-4-7-13(2)17(12)23-18(20-21-22-23)26-11-16(24)19-14-8-5-9-15(10-14)25-3/h4-10H,11H2,1-3H3,(H,19,24). The Balaban J connectivity index is 1.69. The minimum atomic E-state index is -0.140. The van der Waals surface area contributed by atoms with Gasteiger partial charge in [0.05, 0.1) is 18.6 Å². The number of ether oxygens (including phenoxy) is 1. The van der Waals surface area contributed by atoms with E-state index in [1.54, 1.807) is 17.9 Å². The van der Waals surface area contributed by atoms with Gasteiger partial charge in [0.1, 0.15) is 5.75 Å². The number of hydrogen-bond donors (Lipinski definition) is 1. The highest BCUT2D eigenvalue weighted by atomic mass is 32.2. The van der Waals surface area contributed by atoms with Crippen LogP contribution >= 0.6 is 11.8 Å². The van der Waals surface area contributed by atoms with Crippen LogP contribution in [0.3, 0.4) is 0 Å². The van der Waals surface area contributed by atoms with Crippen LogP contribution in [-0.4, -0.2) is 39.0 Å². The van der Waals surface area contributed by atoms with E-state index < -0.39 is 0 Å². The average molecular weight is 369 g/mol.